The highest BCUT2D eigenvalue weighted by atomic mass is 32.1. The number of carboxylic acid groups (broad SMARTS) is 1. The van der Waals surface area contributed by atoms with E-state index in [4.69, 9.17) is 5.11 Å². The molecule has 3 aromatic rings. The third-order valence-corrected chi connectivity index (χ3v) is 5.16. The van der Waals surface area contributed by atoms with Crippen LogP contribution in [0.15, 0.2) is 42.3 Å². The molecule has 4 rings (SSSR count). The first-order valence-electron chi connectivity index (χ1n) is 7.47. The van der Waals surface area contributed by atoms with Crippen molar-refractivity contribution >= 4 is 33.8 Å². The molecule has 0 unspecified atom stereocenters. The van der Waals surface area contributed by atoms with Gasteiger partial charge in [-0.15, -0.1) is 11.3 Å². The quantitative estimate of drug-likeness (QED) is 0.766. The number of carboxylic acids is 1. The summed E-state index contributed by atoms with van der Waals surface area (Å²) < 4.78 is 0. The summed E-state index contributed by atoms with van der Waals surface area (Å²) in [5, 5.41) is 14.8. The lowest BCUT2D eigenvalue weighted by molar-refractivity contribution is -0.144. The molecule has 0 atom stereocenters. The number of nitrogens with one attached hydrogen (secondary N) is 1. The lowest BCUT2D eigenvalue weighted by atomic mass is 9.80. The summed E-state index contributed by atoms with van der Waals surface area (Å²) in [5.41, 5.74) is 3.97. The van der Waals surface area contributed by atoms with Crippen molar-refractivity contribution in [1.82, 2.24) is 9.97 Å². The molecule has 1 aliphatic carbocycles. The molecule has 2 aromatic heterocycles. The molecule has 23 heavy (non-hydrogen) atoms. The Labute approximate surface area is 137 Å². The minimum absolute atomic E-state index is 0.196. The molecular formula is C17H15N3O2S. The lowest BCUT2D eigenvalue weighted by Gasteiger charge is -2.34. The van der Waals surface area contributed by atoms with Gasteiger partial charge in [0.1, 0.15) is 0 Å². The number of hydrogen-bond acceptors (Lipinski definition) is 5. The van der Waals surface area contributed by atoms with Gasteiger partial charge in [0.05, 0.1) is 22.0 Å². The molecule has 2 N–H and O–H groups in total. The minimum Gasteiger partial charge on any atom is -0.481 e. The van der Waals surface area contributed by atoms with Crippen molar-refractivity contribution in [2.24, 2.45) is 5.92 Å². The van der Waals surface area contributed by atoms with Crippen molar-refractivity contribution in [2.45, 2.75) is 18.9 Å². The third-order valence-electron chi connectivity index (χ3n) is 4.35. The average molecular weight is 325 g/mol. The number of hydrogen-bond donors (Lipinski definition) is 2. The molecule has 0 bridgehead atoms. The van der Waals surface area contributed by atoms with Crippen LogP contribution in [0.1, 0.15) is 12.8 Å². The number of rotatable bonds is 4. The molecule has 1 saturated carbocycles. The van der Waals surface area contributed by atoms with Crippen molar-refractivity contribution in [2.75, 3.05) is 5.32 Å². The van der Waals surface area contributed by atoms with Gasteiger partial charge < -0.3 is 10.4 Å². The molecule has 116 valence electrons. The molecular weight excluding hydrogens is 310 g/mol. The van der Waals surface area contributed by atoms with Crippen LogP contribution in [0.2, 0.25) is 0 Å². The monoisotopic (exact) mass is 325 g/mol. The molecule has 2 heterocycles. The van der Waals surface area contributed by atoms with Gasteiger partial charge in [0.2, 0.25) is 0 Å². The third kappa shape index (κ3) is 2.55. The van der Waals surface area contributed by atoms with Crippen LogP contribution in [0.5, 0.6) is 0 Å². The van der Waals surface area contributed by atoms with E-state index in [1.807, 2.05) is 24.0 Å². The number of nitrogens with zero attached hydrogens (tertiary/aromatic N) is 2. The zero-order valence-corrected chi connectivity index (χ0v) is 13.1. The van der Waals surface area contributed by atoms with Crippen molar-refractivity contribution in [3.8, 4) is 10.4 Å². The molecule has 0 aliphatic heterocycles. The SMILES string of the molecule is O=C(O)[C@H]1C[C@H](Nc2c(-c3cncs3)ccc3cnccc23)C1. The van der Waals surface area contributed by atoms with E-state index in [0.717, 1.165) is 26.9 Å². The Morgan fingerprint density at radius 1 is 1.22 bits per heavy atom. The van der Waals surface area contributed by atoms with Gasteiger partial charge in [0.15, 0.2) is 0 Å². The molecule has 6 heteroatoms. The van der Waals surface area contributed by atoms with Crippen LogP contribution in [0.4, 0.5) is 5.69 Å². The molecule has 1 aromatic carbocycles. The van der Waals surface area contributed by atoms with Crippen LogP contribution >= 0.6 is 11.3 Å². The topological polar surface area (TPSA) is 75.1 Å². The predicted molar refractivity (Wildman–Crippen MR) is 90.6 cm³/mol. The van der Waals surface area contributed by atoms with Gasteiger partial charge in [-0.1, -0.05) is 12.1 Å². The number of aromatic nitrogens is 2. The van der Waals surface area contributed by atoms with Gasteiger partial charge >= 0.3 is 5.97 Å². The standard InChI is InChI=1S/C17H15N3O2S/c21-17(22)11-5-12(6-11)20-16-13-3-4-18-7-10(13)1-2-14(16)15-8-19-9-23-15/h1-4,7-9,11-12,20H,5-6H2,(H,21,22)/t11-,12-. The normalized spacial score (nSPS) is 20.2. The van der Waals surface area contributed by atoms with E-state index in [0.29, 0.717) is 12.8 Å². The maximum Gasteiger partial charge on any atom is 0.306 e. The summed E-state index contributed by atoms with van der Waals surface area (Å²) >= 11 is 1.60. The van der Waals surface area contributed by atoms with Crippen molar-refractivity contribution in [1.29, 1.82) is 0 Å². The van der Waals surface area contributed by atoms with Crippen LogP contribution in [0.3, 0.4) is 0 Å². The number of anilines is 1. The van der Waals surface area contributed by atoms with E-state index < -0.39 is 5.97 Å². The second-order valence-electron chi connectivity index (χ2n) is 5.80. The Balaban J connectivity index is 1.73. The number of fused-ring (bicyclic) bond motifs is 1. The highest BCUT2D eigenvalue weighted by Crippen LogP contribution is 2.39. The minimum atomic E-state index is -0.701. The molecule has 1 fully saturated rings. The number of benzene rings is 1. The number of aliphatic carboxylic acids is 1. The number of thiazole rings is 1. The van der Waals surface area contributed by atoms with Crippen LogP contribution in [-0.2, 0) is 4.79 Å². The summed E-state index contributed by atoms with van der Waals surface area (Å²) in [5.74, 6) is -0.927. The first kappa shape index (κ1) is 14.1. The zero-order chi connectivity index (χ0) is 15.8. The fourth-order valence-electron chi connectivity index (χ4n) is 3.02. The smallest absolute Gasteiger partial charge is 0.306 e. The van der Waals surface area contributed by atoms with Crippen molar-refractivity contribution in [3.05, 3.63) is 42.3 Å². The van der Waals surface area contributed by atoms with E-state index in [-0.39, 0.29) is 12.0 Å². The molecule has 0 spiro atoms. The highest BCUT2D eigenvalue weighted by Gasteiger charge is 2.34. The first-order chi connectivity index (χ1) is 11.2. The predicted octanol–water partition coefficient (Wildman–Crippen LogP) is 3.63. The van der Waals surface area contributed by atoms with Gasteiger partial charge in [-0.3, -0.25) is 14.8 Å². The van der Waals surface area contributed by atoms with E-state index in [9.17, 15) is 4.79 Å². The molecule has 0 amide bonds. The summed E-state index contributed by atoms with van der Waals surface area (Å²) in [6.07, 6.45) is 6.82. The summed E-state index contributed by atoms with van der Waals surface area (Å²) in [6.45, 7) is 0. The lowest BCUT2D eigenvalue weighted by Crippen LogP contribution is -2.39. The largest absolute Gasteiger partial charge is 0.481 e. The molecule has 0 saturated heterocycles. The Hall–Kier alpha value is -2.47. The van der Waals surface area contributed by atoms with Crippen LogP contribution < -0.4 is 5.32 Å². The summed E-state index contributed by atoms with van der Waals surface area (Å²) in [7, 11) is 0. The Morgan fingerprint density at radius 3 is 2.83 bits per heavy atom. The Morgan fingerprint density at radius 2 is 2.09 bits per heavy atom. The molecule has 1 aliphatic rings. The van der Waals surface area contributed by atoms with Gasteiger partial charge in [0.25, 0.3) is 0 Å². The number of pyridine rings is 1. The molecule has 5 nitrogen and oxygen atoms in total. The van der Waals surface area contributed by atoms with E-state index >= 15 is 0 Å². The maximum absolute atomic E-state index is 11.0. The fourth-order valence-corrected chi connectivity index (χ4v) is 3.67. The van der Waals surface area contributed by atoms with Crippen molar-refractivity contribution in [3.63, 3.8) is 0 Å². The summed E-state index contributed by atoms with van der Waals surface area (Å²) in [6, 6.07) is 6.33. The second-order valence-corrected chi connectivity index (χ2v) is 6.68. The average Bonchev–Trinajstić information content (AvgIpc) is 3.04. The van der Waals surface area contributed by atoms with Crippen LogP contribution in [-0.4, -0.2) is 27.1 Å². The van der Waals surface area contributed by atoms with Crippen LogP contribution in [0, 0.1) is 5.92 Å². The Kier molecular flexibility index (Phi) is 3.46. The second kappa shape index (κ2) is 5.62. The van der Waals surface area contributed by atoms with E-state index in [1.165, 1.54) is 0 Å². The van der Waals surface area contributed by atoms with Gasteiger partial charge in [-0.05, 0) is 18.9 Å². The zero-order valence-electron chi connectivity index (χ0n) is 12.3. The Bertz CT molecular complexity index is 857. The fraction of sp³-hybridized carbons (Fsp3) is 0.235. The number of carbonyl (C=O) groups is 1. The van der Waals surface area contributed by atoms with E-state index in [2.05, 4.69) is 27.4 Å². The van der Waals surface area contributed by atoms with Crippen LogP contribution in [0.25, 0.3) is 21.2 Å². The van der Waals surface area contributed by atoms with Gasteiger partial charge in [0, 0.05) is 41.0 Å². The van der Waals surface area contributed by atoms with Gasteiger partial charge in [-0.2, -0.15) is 0 Å². The first-order valence-corrected chi connectivity index (χ1v) is 8.35. The van der Waals surface area contributed by atoms with Crippen molar-refractivity contribution < 1.29 is 9.90 Å². The van der Waals surface area contributed by atoms with Gasteiger partial charge in [-0.25, -0.2) is 0 Å². The van der Waals surface area contributed by atoms with E-state index in [1.54, 1.807) is 17.5 Å². The maximum atomic E-state index is 11.0. The molecule has 0 radical (unpaired) electrons. The highest BCUT2D eigenvalue weighted by molar-refractivity contribution is 7.13. The summed E-state index contributed by atoms with van der Waals surface area (Å²) in [4.78, 5) is 20.4.